The second kappa shape index (κ2) is 13.7. The first kappa shape index (κ1) is 33.2. The molecule has 0 saturated heterocycles. The SMILES string of the molecule is COC(=O)c1ccc(CNC(=O)c2cc(Cl)cc(C)c2CC(=O)c2cc(Cn3nnc(C(F)(F)F)n3)nn2-c2ncccc2Cl)cc1. The Labute approximate surface area is 274 Å². The third-order valence-electron chi connectivity index (χ3n) is 6.84. The van der Waals surface area contributed by atoms with E-state index in [1.807, 2.05) is 0 Å². The molecule has 1 N–H and O–H groups in total. The van der Waals surface area contributed by atoms with Gasteiger partial charge in [-0.05, 0) is 71.3 Å². The molecule has 17 heteroatoms. The van der Waals surface area contributed by atoms with E-state index in [2.05, 4.69) is 30.8 Å². The standard InChI is InChI=1S/C30H23Cl2F3N8O4/c1-16-10-19(31)11-22(27(45)37-14-17-5-7-18(8-6-17)28(46)47-2)21(16)13-25(44)24-12-20(15-42-40-29(38-41-42)30(33,34)35)39-43(24)26-23(32)4-3-9-36-26/h3-12H,13-15H2,1-2H3,(H,37,45). The number of tetrazole rings is 1. The number of aromatic nitrogens is 7. The van der Waals surface area contributed by atoms with Crippen molar-refractivity contribution >= 4 is 40.9 Å². The van der Waals surface area contributed by atoms with Gasteiger partial charge in [-0.15, -0.1) is 10.2 Å². The first-order valence-corrected chi connectivity index (χ1v) is 14.4. The molecule has 0 aliphatic heterocycles. The number of ketones is 1. The third-order valence-corrected chi connectivity index (χ3v) is 7.36. The van der Waals surface area contributed by atoms with Crippen LogP contribution in [0.25, 0.3) is 5.82 Å². The predicted octanol–water partition coefficient (Wildman–Crippen LogP) is 5.08. The second-order valence-corrected chi connectivity index (χ2v) is 10.9. The van der Waals surface area contributed by atoms with Crippen molar-refractivity contribution in [3.05, 3.63) is 116 Å². The summed E-state index contributed by atoms with van der Waals surface area (Å²) in [4.78, 5) is 43.9. The van der Waals surface area contributed by atoms with Gasteiger partial charge in [0.2, 0.25) is 0 Å². The number of hydrogen-bond donors (Lipinski definition) is 1. The maximum atomic E-state index is 13.9. The van der Waals surface area contributed by atoms with E-state index in [1.54, 1.807) is 43.3 Å². The van der Waals surface area contributed by atoms with Gasteiger partial charge in [-0.2, -0.15) is 23.1 Å². The van der Waals surface area contributed by atoms with Crippen LogP contribution in [0.3, 0.4) is 0 Å². The number of methoxy groups -OCH3 is 1. The summed E-state index contributed by atoms with van der Waals surface area (Å²) in [6, 6.07) is 14.0. The lowest BCUT2D eigenvalue weighted by atomic mass is 9.95. The number of benzene rings is 2. The largest absolute Gasteiger partial charge is 0.465 e. The van der Waals surface area contributed by atoms with Crippen molar-refractivity contribution < 1.29 is 32.3 Å². The molecule has 12 nitrogen and oxygen atoms in total. The Morgan fingerprint density at radius 2 is 1.77 bits per heavy atom. The maximum Gasteiger partial charge on any atom is 0.455 e. The zero-order chi connectivity index (χ0) is 33.9. The van der Waals surface area contributed by atoms with E-state index in [-0.39, 0.29) is 52.3 Å². The molecule has 0 aliphatic rings. The Hall–Kier alpha value is -5.15. The minimum atomic E-state index is -4.80. The number of amides is 1. The average molecular weight is 687 g/mol. The smallest absolute Gasteiger partial charge is 0.455 e. The molecule has 242 valence electrons. The van der Waals surface area contributed by atoms with Gasteiger partial charge < -0.3 is 10.1 Å². The molecule has 0 spiro atoms. The number of alkyl halides is 3. The van der Waals surface area contributed by atoms with Crippen LogP contribution in [0.5, 0.6) is 0 Å². The van der Waals surface area contributed by atoms with Crippen molar-refractivity contribution in [2.75, 3.05) is 7.11 Å². The van der Waals surface area contributed by atoms with Gasteiger partial charge in [0, 0.05) is 29.7 Å². The predicted molar refractivity (Wildman–Crippen MR) is 161 cm³/mol. The molecule has 0 atom stereocenters. The Morgan fingerprint density at radius 1 is 1.02 bits per heavy atom. The first-order valence-electron chi connectivity index (χ1n) is 13.7. The van der Waals surface area contributed by atoms with E-state index in [0.29, 0.717) is 27.1 Å². The van der Waals surface area contributed by atoms with Crippen LogP contribution in [0.1, 0.15) is 59.4 Å². The number of halogens is 5. The number of nitrogens with zero attached hydrogens (tertiary/aromatic N) is 7. The van der Waals surface area contributed by atoms with Crippen LogP contribution in [-0.4, -0.2) is 59.7 Å². The maximum absolute atomic E-state index is 13.9. The van der Waals surface area contributed by atoms with Gasteiger partial charge in [-0.1, -0.05) is 35.3 Å². The van der Waals surface area contributed by atoms with Gasteiger partial charge in [-0.25, -0.2) is 14.5 Å². The number of Topliss-reactive ketones (excluding diaryl/α,β-unsaturated/α-hetero) is 1. The first-order chi connectivity index (χ1) is 22.3. The van der Waals surface area contributed by atoms with Crippen LogP contribution < -0.4 is 5.32 Å². The molecule has 0 saturated carbocycles. The average Bonchev–Trinajstić information content (AvgIpc) is 3.69. The lowest BCUT2D eigenvalue weighted by Crippen LogP contribution is -2.25. The van der Waals surface area contributed by atoms with Crippen molar-refractivity contribution in [2.45, 2.75) is 32.6 Å². The van der Waals surface area contributed by atoms with Gasteiger partial charge in [0.05, 0.1) is 23.4 Å². The number of ether oxygens (including phenoxy) is 1. The minimum absolute atomic E-state index is 0.0110. The van der Waals surface area contributed by atoms with Crippen molar-refractivity contribution in [2.24, 2.45) is 0 Å². The van der Waals surface area contributed by atoms with Crippen molar-refractivity contribution in [3.8, 4) is 5.82 Å². The quantitative estimate of drug-likeness (QED) is 0.157. The van der Waals surface area contributed by atoms with Crippen LogP contribution in [0.15, 0.2) is 60.8 Å². The number of carbonyl (C=O) groups excluding carboxylic acids is 3. The summed E-state index contributed by atoms with van der Waals surface area (Å²) in [5.41, 5.74) is 2.26. The lowest BCUT2D eigenvalue weighted by molar-refractivity contribution is -0.145. The summed E-state index contributed by atoms with van der Waals surface area (Å²) < 4.78 is 44.9. The van der Waals surface area contributed by atoms with Gasteiger partial charge in [0.1, 0.15) is 12.2 Å². The zero-order valence-electron chi connectivity index (χ0n) is 24.5. The zero-order valence-corrected chi connectivity index (χ0v) is 26.1. The van der Waals surface area contributed by atoms with Crippen molar-refractivity contribution in [1.29, 1.82) is 0 Å². The molecular weight excluding hydrogens is 664 g/mol. The molecule has 2 aromatic carbocycles. The van der Waals surface area contributed by atoms with E-state index in [1.165, 1.54) is 36.2 Å². The second-order valence-electron chi connectivity index (χ2n) is 10.1. The summed E-state index contributed by atoms with van der Waals surface area (Å²) in [6.07, 6.45) is -3.65. The summed E-state index contributed by atoms with van der Waals surface area (Å²) in [5.74, 6) is -2.84. The highest BCUT2D eigenvalue weighted by atomic mass is 35.5. The highest BCUT2D eigenvalue weighted by Crippen LogP contribution is 2.27. The van der Waals surface area contributed by atoms with Crippen LogP contribution in [0.4, 0.5) is 13.2 Å². The van der Waals surface area contributed by atoms with Gasteiger partial charge in [0.25, 0.3) is 11.7 Å². The summed E-state index contributed by atoms with van der Waals surface area (Å²) >= 11 is 12.6. The number of carbonyl (C=O) groups is 3. The fourth-order valence-corrected chi connectivity index (χ4v) is 5.06. The number of esters is 1. The molecule has 0 radical (unpaired) electrons. The van der Waals surface area contributed by atoms with E-state index in [4.69, 9.17) is 27.9 Å². The Bertz CT molecular complexity index is 1980. The number of pyridine rings is 1. The summed E-state index contributed by atoms with van der Waals surface area (Å²) in [6.45, 7) is 1.46. The Balaban J connectivity index is 1.43. The van der Waals surface area contributed by atoms with Gasteiger partial charge in [0.15, 0.2) is 11.6 Å². The van der Waals surface area contributed by atoms with Crippen LogP contribution >= 0.6 is 23.2 Å². The van der Waals surface area contributed by atoms with Crippen LogP contribution in [-0.2, 0) is 30.4 Å². The molecule has 3 aromatic heterocycles. The third kappa shape index (κ3) is 7.64. The molecule has 5 aromatic rings. The molecule has 0 bridgehead atoms. The van der Waals surface area contributed by atoms with E-state index < -0.39 is 29.7 Å². The molecule has 5 rings (SSSR count). The van der Waals surface area contributed by atoms with Crippen LogP contribution in [0, 0.1) is 6.92 Å². The minimum Gasteiger partial charge on any atom is -0.465 e. The van der Waals surface area contributed by atoms with Gasteiger partial charge >= 0.3 is 12.1 Å². The highest BCUT2D eigenvalue weighted by Gasteiger charge is 2.37. The summed E-state index contributed by atoms with van der Waals surface area (Å²) in [7, 11) is 1.28. The van der Waals surface area contributed by atoms with E-state index >= 15 is 0 Å². The number of nitrogens with one attached hydrogen (secondary N) is 1. The number of rotatable bonds is 10. The molecule has 47 heavy (non-hydrogen) atoms. The number of aryl methyl sites for hydroxylation is 1. The topological polar surface area (TPSA) is 147 Å². The molecule has 3 heterocycles. The molecular formula is C30H23Cl2F3N8O4. The van der Waals surface area contributed by atoms with Gasteiger partial charge in [-0.3, -0.25) is 9.59 Å². The number of hydrogen-bond acceptors (Lipinski definition) is 9. The lowest BCUT2D eigenvalue weighted by Gasteiger charge is -2.14. The van der Waals surface area contributed by atoms with Crippen LogP contribution in [0.2, 0.25) is 10.0 Å². The van der Waals surface area contributed by atoms with Crippen molar-refractivity contribution in [3.63, 3.8) is 0 Å². The molecule has 0 unspecified atom stereocenters. The Morgan fingerprint density at radius 3 is 2.43 bits per heavy atom. The Kier molecular flexibility index (Phi) is 9.67. The molecule has 1 amide bonds. The fourth-order valence-electron chi connectivity index (χ4n) is 4.58. The van der Waals surface area contributed by atoms with E-state index in [0.717, 1.165) is 0 Å². The fraction of sp³-hybridized carbons (Fsp3) is 0.200. The molecule has 0 aliphatic carbocycles. The summed E-state index contributed by atoms with van der Waals surface area (Å²) in [5, 5.41) is 17.4. The van der Waals surface area contributed by atoms with E-state index in [9.17, 15) is 27.6 Å². The molecule has 0 fully saturated rings. The highest BCUT2D eigenvalue weighted by molar-refractivity contribution is 6.32. The monoisotopic (exact) mass is 686 g/mol. The normalized spacial score (nSPS) is 11.4. The van der Waals surface area contributed by atoms with Crippen molar-refractivity contribution in [1.82, 2.24) is 40.3 Å².